The van der Waals surface area contributed by atoms with Gasteiger partial charge in [-0.05, 0) is 49.2 Å². The summed E-state index contributed by atoms with van der Waals surface area (Å²) in [4.78, 5) is 17.9. The Morgan fingerprint density at radius 1 is 1.04 bits per heavy atom. The van der Waals surface area contributed by atoms with Gasteiger partial charge in [0.25, 0.3) is 5.56 Å². The number of para-hydroxylation sites is 1. The molecular formula is C21H17FN4O. The second-order valence-corrected chi connectivity index (χ2v) is 6.64. The van der Waals surface area contributed by atoms with E-state index in [2.05, 4.69) is 5.32 Å². The summed E-state index contributed by atoms with van der Waals surface area (Å²) in [6.07, 6.45) is 3.67. The van der Waals surface area contributed by atoms with E-state index in [0.29, 0.717) is 16.6 Å². The number of nitrogens with one attached hydrogen (secondary N) is 1. The quantitative estimate of drug-likeness (QED) is 0.598. The topological polar surface area (TPSA) is 51.3 Å². The molecular weight excluding hydrogens is 343 g/mol. The van der Waals surface area contributed by atoms with Crippen LogP contribution in [0.25, 0.3) is 28.3 Å². The fourth-order valence-corrected chi connectivity index (χ4v) is 3.63. The fraction of sp³-hybridized carbons (Fsp3) is 0.143. The van der Waals surface area contributed by atoms with Gasteiger partial charge in [0.1, 0.15) is 11.0 Å². The maximum absolute atomic E-state index is 13.3. The Bertz CT molecular complexity index is 1230. The normalized spacial score (nSPS) is 16.0. The molecule has 0 atom stereocenters. The highest BCUT2D eigenvalue weighted by Gasteiger charge is 2.20. The van der Waals surface area contributed by atoms with Crippen molar-refractivity contribution >= 4 is 11.3 Å². The van der Waals surface area contributed by atoms with Crippen molar-refractivity contribution in [2.75, 3.05) is 6.54 Å². The first kappa shape index (κ1) is 15.8. The average Bonchev–Trinajstić information content (AvgIpc) is 3.39. The van der Waals surface area contributed by atoms with Gasteiger partial charge in [0, 0.05) is 17.8 Å². The predicted molar refractivity (Wildman–Crippen MR) is 102 cm³/mol. The molecule has 0 amide bonds. The monoisotopic (exact) mass is 360 g/mol. The van der Waals surface area contributed by atoms with E-state index in [-0.39, 0.29) is 11.4 Å². The molecule has 1 saturated heterocycles. The zero-order valence-corrected chi connectivity index (χ0v) is 14.5. The second kappa shape index (κ2) is 6.09. The molecule has 1 fully saturated rings. The molecule has 134 valence electrons. The standard InChI is InChI=1S/C21H17FN4O/c22-15-10-8-14(9-11-15)18-13-25-20(24-18)19(17-7-4-12-23-17)21(27)26(25)16-5-2-1-3-6-16/h1-3,5-6,8-11,13,23H,4,7,12H2/b19-17+. The Balaban J connectivity index is 1.84. The van der Waals surface area contributed by atoms with E-state index in [9.17, 15) is 9.18 Å². The summed E-state index contributed by atoms with van der Waals surface area (Å²) in [5, 5.41) is 3.94. The molecule has 2 aromatic heterocycles. The molecule has 0 radical (unpaired) electrons. The van der Waals surface area contributed by atoms with Gasteiger partial charge in [-0.3, -0.25) is 4.79 Å². The van der Waals surface area contributed by atoms with Gasteiger partial charge in [-0.1, -0.05) is 18.2 Å². The van der Waals surface area contributed by atoms with Crippen LogP contribution >= 0.6 is 0 Å². The third-order valence-electron chi connectivity index (χ3n) is 4.92. The molecule has 4 aromatic rings. The molecule has 5 rings (SSSR count). The van der Waals surface area contributed by atoms with Gasteiger partial charge in [-0.15, -0.1) is 0 Å². The smallest absolute Gasteiger partial charge is 0.283 e. The molecule has 1 N–H and O–H groups in total. The Morgan fingerprint density at radius 2 is 1.81 bits per heavy atom. The molecule has 1 aliphatic rings. The number of hydrogen-bond acceptors (Lipinski definition) is 3. The lowest BCUT2D eigenvalue weighted by Crippen LogP contribution is -2.32. The van der Waals surface area contributed by atoms with Crippen LogP contribution in [0, 0.1) is 5.82 Å². The number of aromatic nitrogens is 3. The van der Waals surface area contributed by atoms with Crippen LogP contribution in [0.5, 0.6) is 0 Å². The highest BCUT2D eigenvalue weighted by molar-refractivity contribution is 5.65. The maximum Gasteiger partial charge on any atom is 0.283 e. The minimum absolute atomic E-state index is 0.0845. The largest absolute Gasteiger partial charge is 0.388 e. The summed E-state index contributed by atoms with van der Waals surface area (Å²) >= 11 is 0. The maximum atomic E-state index is 13.3. The van der Waals surface area contributed by atoms with Gasteiger partial charge < -0.3 is 5.32 Å². The zero-order chi connectivity index (χ0) is 18.4. The van der Waals surface area contributed by atoms with Gasteiger partial charge in [-0.2, -0.15) is 0 Å². The predicted octanol–water partition coefficient (Wildman–Crippen LogP) is 2.50. The number of benzene rings is 2. The molecule has 0 saturated carbocycles. The van der Waals surface area contributed by atoms with E-state index >= 15 is 0 Å². The van der Waals surface area contributed by atoms with Gasteiger partial charge in [0.2, 0.25) is 0 Å². The Kier molecular flexibility index (Phi) is 3.57. The van der Waals surface area contributed by atoms with Crippen LogP contribution in [0.1, 0.15) is 12.8 Å². The molecule has 0 aliphatic carbocycles. The van der Waals surface area contributed by atoms with Gasteiger partial charge in [0.05, 0.1) is 17.6 Å². The molecule has 1 aliphatic heterocycles. The van der Waals surface area contributed by atoms with Crippen LogP contribution in [-0.2, 0) is 0 Å². The van der Waals surface area contributed by atoms with Crippen molar-refractivity contribution < 1.29 is 4.39 Å². The van der Waals surface area contributed by atoms with Crippen molar-refractivity contribution in [3.05, 3.63) is 82.2 Å². The van der Waals surface area contributed by atoms with E-state index in [4.69, 9.17) is 4.98 Å². The number of rotatable bonds is 2. The summed E-state index contributed by atoms with van der Waals surface area (Å²) in [5.41, 5.74) is 3.76. The Morgan fingerprint density at radius 3 is 2.52 bits per heavy atom. The zero-order valence-electron chi connectivity index (χ0n) is 14.5. The Labute approximate surface area is 154 Å². The summed E-state index contributed by atoms with van der Waals surface area (Å²) in [6.45, 7) is 0.864. The molecule has 6 heteroatoms. The van der Waals surface area contributed by atoms with Crippen LogP contribution in [0.2, 0.25) is 0 Å². The summed E-state index contributed by atoms with van der Waals surface area (Å²) in [6, 6.07) is 15.7. The van der Waals surface area contributed by atoms with Gasteiger partial charge >= 0.3 is 0 Å². The first-order chi connectivity index (χ1) is 13.2. The van der Waals surface area contributed by atoms with E-state index in [1.807, 2.05) is 36.5 Å². The first-order valence-electron chi connectivity index (χ1n) is 8.95. The summed E-state index contributed by atoms with van der Waals surface area (Å²) in [5.74, 6) is -0.287. The van der Waals surface area contributed by atoms with E-state index < -0.39 is 0 Å². The van der Waals surface area contributed by atoms with E-state index in [1.54, 1.807) is 21.3 Å². The van der Waals surface area contributed by atoms with Crippen LogP contribution < -0.4 is 16.1 Å². The number of imidazole rings is 1. The molecule has 0 bridgehead atoms. The van der Waals surface area contributed by atoms with Crippen molar-refractivity contribution in [3.8, 4) is 16.9 Å². The van der Waals surface area contributed by atoms with Crippen LogP contribution in [0.3, 0.4) is 0 Å². The SMILES string of the molecule is O=c1/c(=C2\CCCN2)c2nc(-c3ccc(F)cc3)cn2n1-c1ccccc1. The number of nitrogens with zero attached hydrogens (tertiary/aromatic N) is 3. The number of fused-ring (bicyclic) bond motifs is 1. The van der Waals surface area contributed by atoms with Crippen molar-refractivity contribution in [2.24, 2.45) is 0 Å². The van der Waals surface area contributed by atoms with Crippen molar-refractivity contribution in [3.63, 3.8) is 0 Å². The lowest BCUT2D eigenvalue weighted by molar-refractivity contribution is 0.628. The van der Waals surface area contributed by atoms with E-state index in [0.717, 1.165) is 36.3 Å². The fourth-order valence-electron chi connectivity index (χ4n) is 3.63. The van der Waals surface area contributed by atoms with Crippen LogP contribution in [0.4, 0.5) is 4.39 Å². The Hall–Kier alpha value is -3.41. The molecule has 2 aromatic carbocycles. The summed E-state index contributed by atoms with van der Waals surface area (Å²) < 4.78 is 16.7. The molecule has 0 spiro atoms. The minimum atomic E-state index is -0.287. The summed E-state index contributed by atoms with van der Waals surface area (Å²) in [7, 11) is 0. The second-order valence-electron chi connectivity index (χ2n) is 6.64. The minimum Gasteiger partial charge on any atom is -0.388 e. The molecule has 3 heterocycles. The number of halogens is 1. The highest BCUT2D eigenvalue weighted by Crippen LogP contribution is 2.20. The molecule has 0 unspecified atom stereocenters. The van der Waals surface area contributed by atoms with Crippen molar-refractivity contribution in [2.45, 2.75) is 12.8 Å². The molecule has 27 heavy (non-hydrogen) atoms. The van der Waals surface area contributed by atoms with E-state index in [1.165, 1.54) is 12.1 Å². The highest BCUT2D eigenvalue weighted by atomic mass is 19.1. The van der Waals surface area contributed by atoms with Crippen molar-refractivity contribution in [1.82, 2.24) is 19.5 Å². The third kappa shape index (κ3) is 2.52. The lowest BCUT2D eigenvalue weighted by atomic mass is 10.2. The number of hydrogen-bond donors (Lipinski definition) is 1. The average molecular weight is 360 g/mol. The first-order valence-corrected chi connectivity index (χ1v) is 8.95. The lowest BCUT2D eigenvalue weighted by Gasteiger charge is -2.03. The van der Waals surface area contributed by atoms with Gasteiger partial charge in [-0.25, -0.2) is 18.6 Å². The third-order valence-corrected chi connectivity index (χ3v) is 4.92. The van der Waals surface area contributed by atoms with Crippen LogP contribution in [0.15, 0.2) is 65.6 Å². The van der Waals surface area contributed by atoms with Gasteiger partial charge in [0.15, 0.2) is 5.65 Å². The van der Waals surface area contributed by atoms with Crippen molar-refractivity contribution in [1.29, 1.82) is 0 Å². The molecule has 5 nitrogen and oxygen atoms in total. The van der Waals surface area contributed by atoms with Crippen LogP contribution in [-0.4, -0.2) is 20.7 Å².